The average molecular weight is 322 g/mol. The van der Waals surface area contributed by atoms with Gasteiger partial charge in [-0.25, -0.2) is 0 Å². The van der Waals surface area contributed by atoms with Gasteiger partial charge < -0.3 is 4.90 Å². The molecule has 2 unspecified atom stereocenters. The van der Waals surface area contributed by atoms with Crippen molar-refractivity contribution >= 4 is 21.8 Å². The number of hydrogen-bond donors (Lipinski definition) is 0. The Morgan fingerprint density at radius 1 is 1.32 bits per heavy atom. The first-order chi connectivity index (χ1) is 9.15. The summed E-state index contributed by atoms with van der Waals surface area (Å²) in [7, 11) is 0. The predicted molar refractivity (Wildman–Crippen MR) is 80.9 cm³/mol. The van der Waals surface area contributed by atoms with Gasteiger partial charge in [0.1, 0.15) is 0 Å². The van der Waals surface area contributed by atoms with Gasteiger partial charge in [0.15, 0.2) is 0 Å². The highest BCUT2D eigenvalue weighted by Crippen LogP contribution is 2.26. The minimum absolute atomic E-state index is 0.209. The lowest BCUT2D eigenvalue weighted by atomic mass is 9.98. The summed E-state index contributed by atoms with van der Waals surface area (Å²) in [5.74, 6) is 0.744. The van der Waals surface area contributed by atoms with Crippen molar-refractivity contribution in [3.8, 4) is 0 Å². The number of carbonyl (C=O) groups excluding carboxylic acids is 1. The van der Waals surface area contributed by atoms with Crippen molar-refractivity contribution in [2.24, 2.45) is 5.92 Å². The smallest absolute Gasteiger partial charge is 0.253 e. The van der Waals surface area contributed by atoms with Gasteiger partial charge in [0.2, 0.25) is 0 Å². The lowest BCUT2D eigenvalue weighted by molar-refractivity contribution is 0.0690. The molecule has 1 saturated heterocycles. The second kappa shape index (κ2) is 5.28. The SMILES string of the molecule is CC1CN(C(=O)c2ccc3c(c2)CCC3)CCC1Br. The van der Waals surface area contributed by atoms with Crippen molar-refractivity contribution in [3.05, 3.63) is 34.9 Å². The molecule has 1 amide bonds. The Morgan fingerprint density at radius 2 is 2.11 bits per heavy atom. The van der Waals surface area contributed by atoms with Crippen LogP contribution < -0.4 is 0 Å². The zero-order chi connectivity index (χ0) is 13.4. The Hall–Kier alpha value is -0.830. The molecule has 0 spiro atoms. The van der Waals surface area contributed by atoms with Crippen LogP contribution in [-0.4, -0.2) is 28.7 Å². The van der Waals surface area contributed by atoms with Gasteiger partial charge in [0.25, 0.3) is 5.91 Å². The molecule has 0 aromatic heterocycles. The van der Waals surface area contributed by atoms with Crippen LogP contribution in [0.4, 0.5) is 0 Å². The third-order valence-corrected chi connectivity index (χ3v) is 5.79. The fraction of sp³-hybridized carbons (Fsp3) is 0.562. The fourth-order valence-corrected chi connectivity index (χ4v) is 3.56. The van der Waals surface area contributed by atoms with Crippen molar-refractivity contribution in [2.75, 3.05) is 13.1 Å². The molecule has 19 heavy (non-hydrogen) atoms. The third-order valence-electron chi connectivity index (χ3n) is 4.43. The van der Waals surface area contributed by atoms with Crippen LogP contribution >= 0.6 is 15.9 Å². The van der Waals surface area contributed by atoms with E-state index < -0.39 is 0 Å². The lowest BCUT2D eigenvalue weighted by Gasteiger charge is -2.34. The summed E-state index contributed by atoms with van der Waals surface area (Å²) in [5, 5.41) is 0. The first-order valence-electron chi connectivity index (χ1n) is 7.20. The molecule has 3 rings (SSSR count). The predicted octanol–water partition coefficient (Wildman–Crippen LogP) is 3.42. The maximum atomic E-state index is 12.6. The first-order valence-corrected chi connectivity index (χ1v) is 8.12. The molecule has 0 bridgehead atoms. The molecule has 0 saturated carbocycles. The zero-order valence-electron chi connectivity index (χ0n) is 11.4. The molecule has 102 valence electrons. The molecular formula is C16H20BrNO. The Kier molecular flexibility index (Phi) is 3.66. The molecule has 1 fully saturated rings. The summed E-state index contributed by atoms with van der Waals surface area (Å²) < 4.78 is 0. The van der Waals surface area contributed by atoms with Crippen molar-refractivity contribution in [2.45, 2.75) is 37.4 Å². The topological polar surface area (TPSA) is 20.3 Å². The van der Waals surface area contributed by atoms with Crippen molar-refractivity contribution in [3.63, 3.8) is 0 Å². The van der Waals surface area contributed by atoms with Crippen LogP contribution in [0, 0.1) is 5.92 Å². The van der Waals surface area contributed by atoms with Gasteiger partial charge in [0.05, 0.1) is 0 Å². The van der Waals surface area contributed by atoms with E-state index in [9.17, 15) is 4.79 Å². The molecule has 3 heteroatoms. The molecule has 0 N–H and O–H groups in total. The van der Waals surface area contributed by atoms with Gasteiger partial charge in [-0.2, -0.15) is 0 Å². The monoisotopic (exact) mass is 321 g/mol. The Morgan fingerprint density at radius 3 is 2.89 bits per heavy atom. The number of carbonyl (C=O) groups is 1. The molecule has 2 atom stereocenters. The Labute approximate surface area is 123 Å². The van der Waals surface area contributed by atoms with E-state index >= 15 is 0 Å². The van der Waals surface area contributed by atoms with E-state index in [1.807, 2.05) is 11.0 Å². The quantitative estimate of drug-likeness (QED) is 0.726. The molecule has 1 heterocycles. The molecule has 1 aromatic carbocycles. The largest absolute Gasteiger partial charge is 0.338 e. The van der Waals surface area contributed by atoms with Crippen LogP contribution in [0.1, 0.15) is 41.3 Å². The number of likely N-dealkylation sites (tertiary alicyclic amines) is 1. The van der Waals surface area contributed by atoms with E-state index in [1.54, 1.807) is 0 Å². The number of rotatable bonds is 1. The van der Waals surface area contributed by atoms with Gasteiger partial charge in [-0.05, 0) is 54.9 Å². The van der Waals surface area contributed by atoms with Crippen molar-refractivity contribution in [1.29, 1.82) is 0 Å². The van der Waals surface area contributed by atoms with Crippen LogP contribution in [0.15, 0.2) is 18.2 Å². The highest BCUT2D eigenvalue weighted by atomic mass is 79.9. The summed E-state index contributed by atoms with van der Waals surface area (Å²) in [6.45, 7) is 3.95. The zero-order valence-corrected chi connectivity index (χ0v) is 12.9. The number of halogens is 1. The maximum Gasteiger partial charge on any atom is 0.253 e. The normalized spacial score (nSPS) is 26.3. The second-order valence-corrected chi connectivity index (χ2v) is 7.05. The molecule has 1 aromatic rings. The molecule has 0 radical (unpaired) electrons. The van der Waals surface area contributed by atoms with Gasteiger partial charge >= 0.3 is 0 Å². The summed E-state index contributed by atoms with van der Waals surface area (Å²) in [6.07, 6.45) is 4.60. The highest BCUT2D eigenvalue weighted by Gasteiger charge is 2.27. The van der Waals surface area contributed by atoms with Crippen LogP contribution in [0.2, 0.25) is 0 Å². The molecule has 1 aliphatic carbocycles. The lowest BCUT2D eigenvalue weighted by Crippen LogP contribution is -2.43. The molecule has 1 aliphatic heterocycles. The van der Waals surface area contributed by atoms with Crippen LogP contribution in [-0.2, 0) is 12.8 Å². The minimum Gasteiger partial charge on any atom is -0.338 e. The van der Waals surface area contributed by atoms with E-state index in [2.05, 4.69) is 35.0 Å². The number of alkyl halides is 1. The van der Waals surface area contributed by atoms with E-state index in [4.69, 9.17) is 0 Å². The summed E-state index contributed by atoms with van der Waals surface area (Å²) >= 11 is 3.69. The van der Waals surface area contributed by atoms with E-state index in [0.717, 1.165) is 31.5 Å². The maximum absolute atomic E-state index is 12.6. The van der Waals surface area contributed by atoms with Gasteiger partial charge in [-0.15, -0.1) is 0 Å². The van der Waals surface area contributed by atoms with Crippen LogP contribution in [0.5, 0.6) is 0 Å². The number of hydrogen-bond acceptors (Lipinski definition) is 1. The molecule has 2 aliphatic rings. The standard InChI is InChI=1S/C16H20BrNO/c1-11-10-18(8-7-15(11)17)16(19)14-6-5-12-3-2-4-13(12)9-14/h5-6,9,11,15H,2-4,7-8,10H2,1H3. The van der Waals surface area contributed by atoms with E-state index in [-0.39, 0.29) is 5.91 Å². The van der Waals surface area contributed by atoms with E-state index in [0.29, 0.717) is 10.7 Å². The van der Waals surface area contributed by atoms with Crippen molar-refractivity contribution in [1.82, 2.24) is 4.90 Å². The average Bonchev–Trinajstić information content (AvgIpc) is 2.88. The first kappa shape index (κ1) is 13.2. The van der Waals surface area contributed by atoms with Crippen molar-refractivity contribution < 1.29 is 4.79 Å². The fourth-order valence-electron chi connectivity index (χ4n) is 3.19. The van der Waals surface area contributed by atoms with Gasteiger partial charge in [-0.3, -0.25) is 4.79 Å². The Bertz CT molecular complexity index is 500. The summed E-state index contributed by atoms with van der Waals surface area (Å²) in [5.41, 5.74) is 3.69. The van der Waals surface area contributed by atoms with E-state index in [1.165, 1.54) is 24.0 Å². The number of benzene rings is 1. The highest BCUT2D eigenvalue weighted by molar-refractivity contribution is 9.09. The summed E-state index contributed by atoms with van der Waals surface area (Å²) in [6, 6.07) is 6.28. The van der Waals surface area contributed by atoms with Crippen LogP contribution in [0.3, 0.4) is 0 Å². The molecular weight excluding hydrogens is 302 g/mol. The number of amides is 1. The van der Waals surface area contributed by atoms with Crippen LogP contribution in [0.25, 0.3) is 0 Å². The number of nitrogens with zero attached hydrogens (tertiary/aromatic N) is 1. The number of piperidine rings is 1. The number of aryl methyl sites for hydroxylation is 2. The van der Waals surface area contributed by atoms with Gasteiger partial charge in [-0.1, -0.05) is 28.9 Å². The minimum atomic E-state index is 0.209. The Balaban J connectivity index is 1.77. The third kappa shape index (κ3) is 2.58. The van der Waals surface area contributed by atoms with Gasteiger partial charge in [0, 0.05) is 23.5 Å². The number of fused-ring (bicyclic) bond motifs is 1. The molecule has 2 nitrogen and oxygen atoms in total. The second-order valence-electron chi connectivity index (χ2n) is 5.87. The summed E-state index contributed by atoms with van der Waals surface area (Å²) in [4.78, 5) is 15.1.